The number of ether oxygens (including phenoxy) is 1. The van der Waals surface area contributed by atoms with Crippen molar-refractivity contribution in [2.75, 3.05) is 18.1 Å². The quantitative estimate of drug-likeness (QED) is 0.154. The first-order valence-electron chi connectivity index (χ1n) is 8.90. The molecule has 0 radical (unpaired) electrons. The molecule has 10 N–H and O–H groups in total. The molecular weight excluding hydrogens is 517 g/mol. The lowest BCUT2D eigenvalue weighted by Gasteiger charge is -2.33. The van der Waals surface area contributed by atoms with Gasteiger partial charge in [0.2, 0.25) is 0 Å². The van der Waals surface area contributed by atoms with Gasteiger partial charge in [0.15, 0.2) is 11.5 Å². The van der Waals surface area contributed by atoms with Crippen LogP contribution in [-0.2, 0) is 37.3 Å². The molecule has 1 aliphatic rings. The molecule has 2 heterocycles. The summed E-state index contributed by atoms with van der Waals surface area (Å²) in [6.07, 6.45) is -4.00. The third kappa shape index (κ3) is 6.68. The zero-order valence-electron chi connectivity index (χ0n) is 16.8. The number of hydrogen-bond donors (Lipinski definition) is 8. The van der Waals surface area contributed by atoms with Crippen LogP contribution >= 0.6 is 23.5 Å². The summed E-state index contributed by atoms with van der Waals surface area (Å²) in [7, 11) is -16.9. The average molecular weight is 540 g/mol. The number of hydrogen-bond acceptors (Lipinski definition) is 13. The number of nitrogens with zero attached hydrogens (tertiary/aromatic N) is 2. The van der Waals surface area contributed by atoms with Gasteiger partial charge in [-0.15, -0.1) is 0 Å². The second-order valence-corrected chi connectivity index (χ2v) is 11.2. The van der Waals surface area contributed by atoms with E-state index in [0.717, 1.165) is 10.8 Å². The van der Waals surface area contributed by atoms with Crippen LogP contribution in [0.2, 0.25) is 0 Å². The molecule has 0 amide bonds. The highest BCUT2D eigenvalue weighted by molar-refractivity contribution is 7.66. The predicted octanol–water partition coefficient (Wildman–Crippen LogP) is -1.68. The van der Waals surface area contributed by atoms with Gasteiger partial charge >= 0.3 is 29.2 Å². The van der Waals surface area contributed by atoms with Crippen LogP contribution in [0.5, 0.6) is 0 Å². The fourth-order valence-corrected chi connectivity index (χ4v) is 6.14. The van der Waals surface area contributed by atoms with Crippen molar-refractivity contribution in [3.63, 3.8) is 0 Å². The summed E-state index contributed by atoms with van der Waals surface area (Å²) in [4.78, 5) is 51.7. The molecule has 1 aromatic rings. The summed E-state index contributed by atoms with van der Waals surface area (Å²) < 4.78 is 52.0. The summed E-state index contributed by atoms with van der Waals surface area (Å²) in [6.45, 7) is 0.600. The average Bonchev–Trinajstić information content (AvgIpc) is 2.86. The maximum absolute atomic E-state index is 12.4. The van der Waals surface area contributed by atoms with Crippen molar-refractivity contribution in [1.82, 2.24) is 9.55 Å². The molecule has 0 bridgehead atoms. The number of nitrogens with two attached hydrogens (primary N) is 2. The minimum Gasteiger partial charge on any atom is -0.395 e. The molecule has 2 rings (SSSR count). The summed E-state index contributed by atoms with van der Waals surface area (Å²) >= 11 is 0. The third-order valence-electron chi connectivity index (χ3n) is 4.34. The predicted molar refractivity (Wildman–Crippen MR) is 107 cm³/mol. The highest BCUT2D eigenvalue weighted by Gasteiger charge is 2.56. The Labute approximate surface area is 185 Å². The normalized spacial score (nSPS) is 29.5. The number of phosphoric ester groups is 1. The third-order valence-corrected chi connectivity index (χ3v) is 8.14. The van der Waals surface area contributed by atoms with Crippen LogP contribution < -0.4 is 17.2 Å². The van der Waals surface area contributed by atoms with Gasteiger partial charge in [0.25, 0.3) is 0 Å². The zero-order valence-corrected chi connectivity index (χ0v) is 19.5. The van der Waals surface area contributed by atoms with E-state index >= 15 is 0 Å². The minimum atomic E-state index is -5.76. The SMILES string of the molecule is CCC[C@@]1(n2cc(N)c(N)nc2=O)O[C@H](COP(=O)(O)OP(=O)(O)OP(=O)(O)O)[C@@H](O)[C@H]1O. The molecule has 190 valence electrons. The molecule has 0 spiro atoms. The number of aliphatic hydroxyl groups is 2. The zero-order chi connectivity index (χ0) is 25.4. The van der Waals surface area contributed by atoms with E-state index < -0.39 is 59.8 Å². The second kappa shape index (κ2) is 9.79. The maximum Gasteiger partial charge on any atom is 0.490 e. The number of aliphatic hydroxyl groups excluding tert-OH is 2. The monoisotopic (exact) mass is 540 g/mol. The molecule has 0 aromatic carbocycles. The molecule has 33 heavy (non-hydrogen) atoms. The van der Waals surface area contributed by atoms with Crippen LogP contribution in [0.25, 0.3) is 0 Å². The number of phosphoric acid groups is 3. The Kier molecular flexibility index (Phi) is 8.31. The molecule has 1 fully saturated rings. The highest BCUT2D eigenvalue weighted by Crippen LogP contribution is 2.66. The van der Waals surface area contributed by atoms with Gasteiger partial charge in [0, 0.05) is 6.20 Å². The van der Waals surface area contributed by atoms with Gasteiger partial charge < -0.3 is 46.0 Å². The molecule has 6 atom stereocenters. The lowest BCUT2D eigenvalue weighted by Crippen LogP contribution is -2.50. The number of rotatable bonds is 10. The first kappa shape index (κ1) is 28.0. The highest BCUT2D eigenvalue weighted by atomic mass is 31.3. The van der Waals surface area contributed by atoms with E-state index in [1.54, 1.807) is 6.92 Å². The Balaban J connectivity index is 2.26. The van der Waals surface area contributed by atoms with Crippen molar-refractivity contribution < 1.29 is 61.4 Å². The summed E-state index contributed by atoms with van der Waals surface area (Å²) in [5.41, 5.74) is 8.06. The maximum atomic E-state index is 12.4. The molecule has 2 unspecified atom stereocenters. The first-order valence-corrected chi connectivity index (χ1v) is 13.4. The van der Waals surface area contributed by atoms with Crippen LogP contribution in [0.1, 0.15) is 19.8 Å². The lowest BCUT2D eigenvalue weighted by atomic mass is 9.97. The lowest BCUT2D eigenvalue weighted by molar-refractivity contribution is -0.154. The topological polar surface area (TPSA) is 296 Å². The number of nitrogen functional groups attached to an aromatic ring is 2. The fraction of sp³-hybridized carbons (Fsp3) is 0.667. The van der Waals surface area contributed by atoms with Crippen LogP contribution in [-0.4, -0.2) is 64.3 Å². The summed E-state index contributed by atoms with van der Waals surface area (Å²) in [6, 6.07) is 0. The summed E-state index contributed by atoms with van der Waals surface area (Å²) in [5.74, 6) is -0.292. The number of anilines is 2. The van der Waals surface area contributed by atoms with Gasteiger partial charge in [-0.3, -0.25) is 9.09 Å². The molecule has 1 saturated heterocycles. The Morgan fingerprint density at radius 1 is 1.15 bits per heavy atom. The molecule has 21 heteroatoms. The van der Waals surface area contributed by atoms with Crippen molar-refractivity contribution in [2.24, 2.45) is 0 Å². The van der Waals surface area contributed by atoms with Gasteiger partial charge in [0.1, 0.15) is 18.3 Å². The van der Waals surface area contributed by atoms with E-state index in [-0.39, 0.29) is 17.9 Å². The standard InChI is InChI=1S/C12H23N4O14P3/c1-2-3-12(16-4-6(13)10(14)15-11(16)19)9(18)8(17)7(28-12)5-27-32(23,24)30-33(25,26)29-31(20,21)22/h4,7-9,17-18H,2-3,5,13H2,1H3,(H,23,24)(H,25,26)(H2,14,15,19)(H2,20,21,22)/t7-,8-,9-,12-/m1/s1. The summed E-state index contributed by atoms with van der Waals surface area (Å²) in [5, 5.41) is 21.0. The van der Waals surface area contributed by atoms with Crippen molar-refractivity contribution in [3.8, 4) is 0 Å². The Hall–Kier alpha value is -1.23. The molecule has 18 nitrogen and oxygen atoms in total. The van der Waals surface area contributed by atoms with E-state index in [2.05, 4.69) is 18.1 Å². The largest absolute Gasteiger partial charge is 0.490 e. The van der Waals surface area contributed by atoms with Gasteiger partial charge in [-0.1, -0.05) is 13.3 Å². The van der Waals surface area contributed by atoms with Crippen LogP contribution in [0, 0.1) is 0 Å². The van der Waals surface area contributed by atoms with Crippen molar-refractivity contribution in [3.05, 3.63) is 16.7 Å². The second-order valence-electron chi connectivity index (χ2n) is 6.81. The fourth-order valence-electron chi connectivity index (χ4n) is 3.11. The van der Waals surface area contributed by atoms with E-state index in [1.165, 1.54) is 0 Å². The smallest absolute Gasteiger partial charge is 0.395 e. The van der Waals surface area contributed by atoms with Gasteiger partial charge in [0.05, 0.1) is 12.3 Å². The van der Waals surface area contributed by atoms with E-state index in [4.69, 9.17) is 26.0 Å². The Morgan fingerprint density at radius 3 is 2.30 bits per heavy atom. The first-order chi connectivity index (χ1) is 14.9. The Bertz CT molecular complexity index is 1080. The van der Waals surface area contributed by atoms with Crippen LogP contribution in [0.15, 0.2) is 11.0 Å². The molecule has 0 saturated carbocycles. The van der Waals surface area contributed by atoms with Gasteiger partial charge in [-0.2, -0.15) is 13.6 Å². The van der Waals surface area contributed by atoms with Crippen molar-refractivity contribution in [2.45, 2.75) is 43.8 Å². The van der Waals surface area contributed by atoms with Crippen molar-refractivity contribution in [1.29, 1.82) is 0 Å². The number of aromatic nitrogens is 2. The molecule has 1 aromatic heterocycles. The van der Waals surface area contributed by atoms with Crippen LogP contribution in [0.4, 0.5) is 11.5 Å². The Morgan fingerprint density at radius 2 is 1.76 bits per heavy atom. The van der Waals surface area contributed by atoms with E-state index in [0.29, 0.717) is 6.42 Å². The van der Waals surface area contributed by atoms with Gasteiger partial charge in [-0.05, 0) is 6.42 Å². The molecule has 0 aliphatic carbocycles. The minimum absolute atomic E-state index is 0.0814. The van der Waals surface area contributed by atoms with Gasteiger partial charge in [-0.25, -0.2) is 18.5 Å². The molecular formula is C12H23N4O14P3. The van der Waals surface area contributed by atoms with Crippen LogP contribution in [0.3, 0.4) is 0 Å². The van der Waals surface area contributed by atoms with E-state index in [9.17, 15) is 38.5 Å². The van der Waals surface area contributed by atoms with E-state index in [1.807, 2.05) is 0 Å². The van der Waals surface area contributed by atoms with Crippen molar-refractivity contribution >= 4 is 35.0 Å². The molecule has 1 aliphatic heterocycles.